The van der Waals surface area contributed by atoms with Gasteiger partial charge >= 0.3 is 0 Å². The van der Waals surface area contributed by atoms with Gasteiger partial charge in [0.1, 0.15) is 0 Å². The fraction of sp³-hybridized carbons (Fsp3) is 0.526. The van der Waals surface area contributed by atoms with Crippen LogP contribution >= 0.6 is 0 Å². The van der Waals surface area contributed by atoms with Crippen LogP contribution in [0.2, 0.25) is 0 Å². The molecule has 1 saturated heterocycles. The van der Waals surface area contributed by atoms with Gasteiger partial charge in [0.05, 0.1) is 18.8 Å². The molecular formula is C19H24N4O. The van der Waals surface area contributed by atoms with Crippen LogP contribution in [0.5, 0.6) is 0 Å². The standard InChI is InChI=1S/C19H24N4O/c1-14-10-21-22(12-14)13-16-6-2-3-8-23(16)19(24)18-9-17(18)15-5-4-7-20-11-15/h4-5,7,10-12,16-18H,2-3,6,8-9,13H2,1H3/t16-,17-,18+/m0/s1. The lowest BCUT2D eigenvalue weighted by molar-refractivity contribution is -0.136. The zero-order chi connectivity index (χ0) is 16.5. The molecule has 0 spiro atoms. The molecule has 24 heavy (non-hydrogen) atoms. The molecule has 2 aromatic rings. The van der Waals surface area contributed by atoms with Crippen LogP contribution in [0.4, 0.5) is 0 Å². The van der Waals surface area contributed by atoms with Crippen molar-refractivity contribution in [3.8, 4) is 0 Å². The third-order valence-corrected chi connectivity index (χ3v) is 5.29. The van der Waals surface area contributed by atoms with Crippen molar-refractivity contribution in [1.82, 2.24) is 19.7 Å². The van der Waals surface area contributed by atoms with Crippen LogP contribution in [-0.2, 0) is 11.3 Å². The second kappa shape index (κ2) is 6.38. The molecule has 2 aliphatic rings. The number of nitrogens with zero attached hydrogens (tertiary/aromatic N) is 4. The molecule has 0 N–H and O–H groups in total. The molecule has 2 aromatic heterocycles. The van der Waals surface area contributed by atoms with E-state index in [1.165, 1.54) is 17.5 Å². The van der Waals surface area contributed by atoms with E-state index in [-0.39, 0.29) is 12.0 Å². The van der Waals surface area contributed by atoms with Crippen LogP contribution in [0.15, 0.2) is 36.9 Å². The molecule has 1 amide bonds. The van der Waals surface area contributed by atoms with Gasteiger partial charge in [-0.2, -0.15) is 5.10 Å². The Morgan fingerprint density at radius 1 is 1.33 bits per heavy atom. The van der Waals surface area contributed by atoms with Gasteiger partial charge in [-0.05, 0) is 55.7 Å². The summed E-state index contributed by atoms with van der Waals surface area (Å²) in [5.74, 6) is 0.840. The topological polar surface area (TPSA) is 51.0 Å². The Balaban J connectivity index is 1.44. The molecule has 126 valence electrons. The maximum absolute atomic E-state index is 13.0. The number of piperidine rings is 1. The first-order valence-electron chi connectivity index (χ1n) is 8.92. The SMILES string of the molecule is Cc1cnn(C[C@@H]2CCCCN2C(=O)[C@@H]2C[C@H]2c2cccnc2)c1. The summed E-state index contributed by atoms with van der Waals surface area (Å²) in [7, 11) is 0. The molecule has 0 aromatic carbocycles. The van der Waals surface area contributed by atoms with Gasteiger partial charge in [0.25, 0.3) is 0 Å². The van der Waals surface area contributed by atoms with Crippen molar-refractivity contribution in [1.29, 1.82) is 0 Å². The Kier molecular flexibility index (Phi) is 4.08. The zero-order valence-electron chi connectivity index (χ0n) is 14.1. The first-order chi connectivity index (χ1) is 11.7. The molecule has 5 heteroatoms. The number of pyridine rings is 1. The molecule has 1 aliphatic heterocycles. The minimum absolute atomic E-state index is 0.147. The number of hydrogen-bond donors (Lipinski definition) is 0. The summed E-state index contributed by atoms with van der Waals surface area (Å²) >= 11 is 0. The molecule has 1 aliphatic carbocycles. The Bertz CT molecular complexity index is 711. The number of carbonyl (C=O) groups is 1. The number of amides is 1. The lowest BCUT2D eigenvalue weighted by Gasteiger charge is -2.36. The van der Waals surface area contributed by atoms with Crippen LogP contribution in [0.25, 0.3) is 0 Å². The number of aryl methyl sites for hydroxylation is 1. The van der Waals surface area contributed by atoms with Crippen molar-refractivity contribution < 1.29 is 4.79 Å². The van der Waals surface area contributed by atoms with Crippen molar-refractivity contribution in [2.24, 2.45) is 5.92 Å². The summed E-state index contributed by atoms with van der Waals surface area (Å²) < 4.78 is 1.98. The first-order valence-corrected chi connectivity index (χ1v) is 8.92. The van der Waals surface area contributed by atoms with E-state index in [0.29, 0.717) is 11.8 Å². The molecule has 0 unspecified atom stereocenters. The number of likely N-dealkylation sites (tertiary alicyclic amines) is 1. The Labute approximate surface area is 142 Å². The Hall–Kier alpha value is -2.17. The van der Waals surface area contributed by atoms with Crippen molar-refractivity contribution in [3.63, 3.8) is 0 Å². The highest BCUT2D eigenvalue weighted by atomic mass is 16.2. The molecule has 3 heterocycles. The predicted octanol–water partition coefficient (Wildman–Crippen LogP) is 2.77. The maximum atomic E-state index is 13.0. The molecule has 1 saturated carbocycles. The highest BCUT2D eigenvalue weighted by Gasteiger charge is 2.47. The second-order valence-corrected chi connectivity index (χ2v) is 7.16. The fourth-order valence-electron chi connectivity index (χ4n) is 3.91. The molecule has 0 radical (unpaired) electrons. The Morgan fingerprint density at radius 2 is 2.25 bits per heavy atom. The fourth-order valence-corrected chi connectivity index (χ4v) is 3.91. The maximum Gasteiger partial charge on any atom is 0.226 e. The molecule has 2 fully saturated rings. The number of carbonyl (C=O) groups excluding carboxylic acids is 1. The van der Waals surface area contributed by atoms with Gasteiger partial charge in [0, 0.05) is 31.1 Å². The third-order valence-electron chi connectivity index (χ3n) is 5.29. The smallest absolute Gasteiger partial charge is 0.226 e. The van der Waals surface area contributed by atoms with Crippen molar-refractivity contribution >= 4 is 5.91 Å². The van der Waals surface area contributed by atoms with E-state index in [1.807, 2.05) is 23.1 Å². The molecule has 0 bridgehead atoms. The van der Waals surface area contributed by atoms with E-state index in [4.69, 9.17) is 0 Å². The van der Waals surface area contributed by atoms with Gasteiger partial charge in [0.2, 0.25) is 5.91 Å². The largest absolute Gasteiger partial charge is 0.338 e. The summed E-state index contributed by atoms with van der Waals surface area (Å²) in [5, 5.41) is 4.40. The minimum atomic E-state index is 0.147. The van der Waals surface area contributed by atoms with Crippen LogP contribution in [-0.4, -0.2) is 38.2 Å². The van der Waals surface area contributed by atoms with Gasteiger partial charge < -0.3 is 4.90 Å². The average molecular weight is 324 g/mol. The molecule has 4 rings (SSSR count). The monoisotopic (exact) mass is 324 g/mol. The average Bonchev–Trinajstić information content (AvgIpc) is 3.32. The van der Waals surface area contributed by atoms with Crippen LogP contribution in [0.1, 0.15) is 42.7 Å². The number of hydrogen-bond acceptors (Lipinski definition) is 3. The summed E-state index contributed by atoms with van der Waals surface area (Å²) in [6.07, 6.45) is 12.0. The summed E-state index contributed by atoms with van der Waals surface area (Å²) in [6, 6.07) is 4.32. The highest BCUT2D eigenvalue weighted by Crippen LogP contribution is 2.48. The number of rotatable bonds is 4. The Morgan fingerprint density at radius 3 is 3.00 bits per heavy atom. The normalized spacial score (nSPS) is 26.4. The third kappa shape index (κ3) is 3.07. The molecular weight excluding hydrogens is 300 g/mol. The van der Waals surface area contributed by atoms with E-state index >= 15 is 0 Å². The van der Waals surface area contributed by atoms with Gasteiger partial charge in [-0.1, -0.05) is 6.07 Å². The van der Waals surface area contributed by atoms with Crippen LogP contribution in [0, 0.1) is 12.8 Å². The van der Waals surface area contributed by atoms with E-state index in [2.05, 4.69) is 34.2 Å². The predicted molar refractivity (Wildman–Crippen MR) is 91.4 cm³/mol. The van der Waals surface area contributed by atoms with E-state index in [9.17, 15) is 4.79 Å². The first kappa shape index (κ1) is 15.4. The quantitative estimate of drug-likeness (QED) is 0.869. The zero-order valence-corrected chi connectivity index (χ0v) is 14.1. The lowest BCUT2D eigenvalue weighted by atomic mass is 10.0. The second-order valence-electron chi connectivity index (χ2n) is 7.16. The minimum Gasteiger partial charge on any atom is -0.338 e. The number of aromatic nitrogens is 3. The van der Waals surface area contributed by atoms with Gasteiger partial charge in [-0.3, -0.25) is 14.5 Å². The summed E-state index contributed by atoms with van der Waals surface area (Å²) in [6.45, 7) is 3.75. The molecule has 3 atom stereocenters. The van der Waals surface area contributed by atoms with Crippen LogP contribution in [0.3, 0.4) is 0 Å². The lowest BCUT2D eigenvalue weighted by Crippen LogP contribution is -2.46. The van der Waals surface area contributed by atoms with Crippen molar-refractivity contribution in [3.05, 3.63) is 48.0 Å². The summed E-state index contributed by atoms with van der Waals surface area (Å²) in [5.41, 5.74) is 2.37. The van der Waals surface area contributed by atoms with E-state index in [0.717, 1.165) is 32.4 Å². The van der Waals surface area contributed by atoms with Crippen molar-refractivity contribution in [2.75, 3.05) is 6.54 Å². The van der Waals surface area contributed by atoms with Gasteiger partial charge in [-0.25, -0.2) is 0 Å². The molecule has 5 nitrogen and oxygen atoms in total. The van der Waals surface area contributed by atoms with Crippen molar-refractivity contribution in [2.45, 2.75) is 51.1 Å². The van der Waals surface area contributed by atoms with Crippen LogP contribution < -0.4 is 0 Å². The van der Waals surface area contributed by atoms with Gasteiger partial charge in [-0.15, -0.1) is 0 Å². The van der Waals surface area contributed by atoms with E-state index < -0.39 is 0 Å². The van der Waals surface area contributed by atoms with Gasteiger partial charge in [0.15, 0.2) is 0 Å². The van der Waals surface area contributed by atoms with E-state index in [1.54, 1.807) is 6.20 Å². The summed E-state index contributed by atoms with van der Waals surface area (Å²) in [4.78, 5) is 19.3. The highest BCUT2D eigenvalue weighted by molar-refractivity contribution is 5.83.